The molecule has 1 atom stereocenters. The van der Waals surface area contributed by atoms with E-state index in [4.69, 9.17) is 0 Å². The highest BCUT2D eigenvalue weighted by Gasteiger charge is 2.38. The number of ketones is 2. The van der Waals surface area contributed by atoms with Crippen molar-refractivity contribution in [3.63, 3.8) is 0 Å². The first-order valence-corrected chi connectivity index (χ1v) is 8.17. The number of aliphatic hydroxyl groups excluding tert-OH is 1. The molecule has 1 heterocycles. The molecule has 1 aliphatic carbocycles. The molecule has 0 spiro atoms. The van der Waals surface area contributed by atoms with Crippen molar-refractivity contribution in [1.29, 1.82) is 0 Å². The predicted molar refractivity (Wildman–Crippen MR) is 89.0 cm³/mol. The summed E-state index contributed by atoms with van der Waals surface area (Å²) in [6.45, 7) is 4.80. The summed E-state index contributed by atoms with van der Waals surface area (Å²) >= 11 is 0. The molecule has 3 rings (SSSR count). The van der Waals surface area contributed by atoms with E-state index in [-0.39, 0.29) is 17.3 Å². The van der Waals surface area contributed by atoms with Crippen LogP contribution in [0.5, 0.6) is 0 Å². The second-order valence-electron chi connectivity index (χ2n) is 6.65. The van der Waals surface area contributed by atoms with E-state index in [9.17, 15) is 14.7 Å². The van der Waals surface area contributed by atoms with Crippen LogP contribution in [0.1, 0.15) is 49.0 Å². The van der Waals surface area contributed by atoms with Gasteiger partial charge < -0.3 is 5.11 Å². The molecule has 1 aromatic carbocycles. The second-order valence-corrected chi connectivity index (χ2v) is 6.65. The molecule has 1 aliphatic heterocycles. The molecule has 2 aliphatic rings. The average Bonchev–Trinajstić information content (AvgIpc) is 2.70. The Bertz CT molecular complexity index is 728. The number of hydrogen-bond acceptors (Lipinski definition) is 4. The van der Waals surface area contributed by atoms with Gasteiger partial charge in [0.25, 0.3) is 0 Å². The Hall–Kier alpha value is -2.23. The van der Waals surface area contributed by atoms with Crippen molar-refractivity contribution < 1.29 is 14.7 Å². The molecular weight excluding hydrogens is 290 g/mol. The topological polar surface area (TPSA) is 66.7 Å². The minimum Gasteiger partial charge on any atom is -0.504 e. The number of Topliss-reactive ketones (excluding diaryl/α,β-unsaturated/α-hetero) is 2. The number of rotatable bonds is 3. The van der Waals surface area contributed by atoms with E-state index in [2.05, 4.69) is 18.8 Å². The first kappa shape index (κ1) is 15.7. The van der Waals surface area contributed by atoms with Crippen LogP contribution in [-0.4, -0.2) is 28.9 Å². The number of aliphatic imine (C=N–C) groups is 1. The highest BCUT2D eigenvalue weighted by molar-refractivity contribution is 6.38. The fourth-order valence-electron chi connectivity index (χ4n) is 3.25. The summed E-state index contributed by atoms with van der Waals surface area (Å²) in [4.78, 5) is 29.8. The molecule has 4 heteroatoms. The highest BCUT2D eigenvalue weighted by atomic mass is 16.3. The van der Waals surface area contributed by atoms with Crippen molar-refractivity contribution in [2.45, 2.75) is 33.1 Å². The summed E-state index contributed by atoms with van der Waals surface area (Å²) in [6.07, 6.45) is 2.39. The molecule has 23 heavy (non-hydrogen) atoms. The minimum absolute atomic E-state index is 0.125. The zero-order valence-corrected chi connectivity index (χ0v) is 13.5. The molecular formula is C19H21NO3. The summed E-state index contributed by atoms with van der Waals surface area (Å²) in [5, 5.41) is 10.3. The molecule has 0 bridgehead atoms. The molecule has 1 N–H and O–H groups in total. The van der Waals surface area contributed by atoms with Crippen LogP contribution in [0.4, 0.5) is 0 Å². The van der Waals surface area contributed by atoms with E-state index in [1.165, 1.54) is 0 Å². The number of carbonyl (C=O) groups excluding carboxylic acids is 2. The Labute approximate surface area is 135 Å². The van der Waals surface area contributed by atoms with Crippen LogP contribution in [-0.2, 0) is 4.79 Å². The van der Waals surface area contributed by atoms with Crippen LogP contribution in [0.15, 0.2) is 40.6 Å². The van der Waals surface area contributed by atoms with Gasteiger partial charge in [-0.15, -0.1) is 0 Å². The Morgan fingerprint density at radius 1 is 1.22 bits per heavy atom. The fourth-order valence-corrected chi connectivity index (χ4v) is 3.25. The number of benzene rings is 1. The molecule has 120 valence electrons. The van der Waals surface area contributed by atoms with Crippen LogP contribution in [0.2, 0.25) is 0 Å². The first-order chi connectivity index (χ1) is 11.0. The largest absolute Gasteiger partial charge is 0.504 e. The van der Waals surface area contributed by atoms with Crippen LogP contribution >= 0.6 is 0 Å². The van der Waals surface area contributed by atoms with Crippen LogP contribution in [0, 0.1) is 11.8 Å². The molecule has 0 saturated heterocycles. The molecule has 0 radical (unpaired) electrons. The van der Waals surface area contributed by atoms with Crippen LogP contribution < -0.4 is 0 Å². The van der Waals surface area contributed by atoms with Gasteiger partial charge in [0.15, 0.2) is 11.5 Å². The van der Waals surface area contributed by atoms with Crippen molar-refractivity contribution >= 4 is 17.3 Å². The van der Waals surface area contributed by atoms with E-state index < -0.39 is 11.5 Å². The van der Waals surface area contributed by atoms with Gasteiger partial charge in [0.05, 0.1) is 11.3 Å². The summed E-state index contributed by atoms with van der Waals surface area (Å²) < 4.78 is 0. The number of aliphatic hydroxyl groups is 1. The smallest absolute Gasteiger partial charge is 0.228 e. The van der Waals surface area contributed by atoms with E-state index in [1.807, 2.05) is 6.07 Å². The third kappa shape index (κ3) is 2.74. The Kier molecular flexibility index (Phi) is 4.16. The molecule has 0 fully saturated rings. The maximum absolute atomic E-state index is 12.9. The van der Waals surface area contributed by atoms with E-state index in [0.29, 0.717) is 35.7 Å². The van der Waals surface area contributed by atoms with E-state index in [1.54, 1.807) is 18.2 Å². The van der Waals surface area contributed by atoms with Gasteiger partial charge in [-0.05, 0) is 18.8 Å². The van der Waals surface area contributed by atoms with Crippen LogP contribution in [0.3, 0.4) is 0 Å². The van der Waals surface area contributed by atoms with Crippen molar-refractivity contribution in [3.8, 4) is 0 Å². The van der Waals surface area contributed by atoms with Gasteiger partial charge in [-0.2, -0.15) is 0 Å². The van der Waals surface area contributed by atoms with Crippen molar-refractivity contribution in [1.82, 2.24) is 0 Å². The normalized spacial score (nSPS) is 21.0. The summed E-state index contributed by atoms with van der Waals surface area (Å²) in [5.41, 5.74) is 1.68. The lowest BCUT2D eigenvalue weighted by Crippen LogP contribution is -2.29. The van der Waals surface area contributed by atoms with Crippen molar-refractivity contribution in [2.75, 3.05) is 6.54 Å². The monoisotopic (exact) mass is 311 g/mol. The van der Waals surface area contributed by atoms with Gasteiger partial charge in [0.2, 0.25) is 5.78 Å². The van der Waals surface area contributed by atoms with E-state index in [0.717, 1.165) is 12.8 Å². The molecule has 4 nitrogen and oxygen atoms in total. The highest BCUT2D eigenvalue weighted by Crippen LogP contribution is 2.32. The Balaban J connectivity index is 2.03. The minimum atomic E-state index is -0.479. The fraction of sp³-hybridized carbons (Fsp3) is 0.421. The summed E-state index contributed by atoms with van der Waals surface area (Å²) in [5.74, 6) is -0.713. The molecule has 0 aromatic heterocycles. The predicted octanol–water partition coefficient (Wildman–Crippen LogP) is 3.51. The zero-order chi connectivity index (χ0) is 16.6. The number of nitrogens with zero attached hydrogens (tertiary/aromatic N) is 1. The SMILES string of the molecule is CC(C)CCC1CCN=C2C(=C(O)C(=O)c3ccccc32)C1=O. The van der Waals surface area contributed by atoms with Gasteiger partial charge in [-0.25, -0.2) is 0 Å². The zero-order valence-electron chi connectivity index (χ0n) is 13.5. The lowest BCUT2D eigenvalue weighted by Gasteiger charge is -2.21. The van der Waals surface area contributed by atoms with E-state index >= 15 is 0 Å². The van der Waals surface area contributed by atoms with Gasteiger partial charge in [0, 0.05) is 23.6 Å². The number of allylic oxidation sites excluding steroid dienone is 2. The summed E-state index contributed by atoms with van der Waals surface area (Å²) in [6, 6.07) is 7.03. The lowest BCUT2D eigenvalue weighted by atomic mass is 9.81. The van der Waals surface area contributed by atoms with Crippen molar-refractivity contribution in [2.24, 2.45) is 16.8 Å². The Morgan fingerprint density at radius 3 is 2.61 bits per heavy atom. The van der Waals surface area contributed by atoms with Gasteiger partial charge in [0.1, 0.15) is 0 Å². The van der Waals surface area contributed by atoms with Gasteiger partial charge >= 0.3 is 0 Å². The lowest BCUT2D eigenvalue weighted by molar-refractivity contribution is -0.119. The second kappa shape index (κ2) is 6.11. The van der Waals surface area contributed by atoms with Gasteiger partial charge in [-0.3, -0.25) is 14.6 Å². The molecule has 0 saturated carbocycles. The maximum Gasteiger partial charge on any atom is 0.228 e. The third-order valence-electron chi connectivity index (χ3n) is 4.57. The van der Waals surface area contributed by atoms with Gasteiger partial charge in [-0.1, -0.05) is 44.5 Å². The average molecular weight is 311 g/mol. The number of fused-ring (bicyclic) bond motifs is 3. The molecule has 0 amide bonds. The number of hydrogen-bond donors (Lipinski definition) is 1. The van der Waals surface area contributed by atoms with Crippen molar-refractivity contribution in [3.05, 3.63) is 46.7 Å². The Morgan fingerprint density at radius 2 is 1.91 bits per heavy atom. The summed E-state index contributed by atoms with van der Waals surface area (Å²) in [7, 11) is 0. The number of carbonyl (C=O) groups is 2. The van der Waals surface area contributed by atoms with Crippen LogP contribution in [0.25, 0.3) is 0 Å². The molecule has 1 aromatic rings. The molecule has 1 unspecified atom stereocenters. The third-order valence-corrected chi connectivity index (χ3v) is 4.57. The standard InChI is InChI=1S/C19H21NO3/c1-11(2)7-8-12-9-10-20-16-13-5-3-4-6-14(13)18(22)19(23)15(16)17(12)21/h3-6,11-12,23H,7-10H2,1-2H3. The quantitative estimate of drug-likeness (QED) is 0.929. The first-order valence-electron chi connectivity index (χ1n) is 8.17. The maximum atomic E-state index is 12.9.